The molecule has 1 aliphatic carbocycles. The molecule has 1 aromatic carbocycles. The van der Waals surface area contributed by atoms with Crippen LogP contribution in [0.25, 0.3) is 0 Å². The summed E-state index contributed by atoms with van der Waals surface area (Å²) in [6.07, 6.45) is 9.15. The lowest BCUT2D eigenvalue weighted by Crippen LogP contribution is -2.38. The Kier molecular flexibility index (Phi) is 10.4. The minimum atomic E-state index is -0.442. The van der Waals surface area contributed by atoms with Gasteiger partial charge >= 0.3 is 0 Å². The van der Waals surface area contributed by atoms with E-state index in [9.17, 15) is 15.3 Å². The number of aryl methyl sites for hydroxylation is 1. The first-order chi connectivity index (χ1) is 14.1. The highest BCUT2D eigenvalue weighted by Crippen LogP contribution is 2.32. The van der Waals surface area contributed by atoms with Crippen molar-refractivity contribution in [1.29, 1.82) is 0 Å². The van der Waals surface area contributed by atoms with Crippen LogP contribution in [0.1, 0.15) is 43.7 Å². The van der Waals surface area contributed by atoms with Gasteiger partial charge in [0.05, 0.1) is 19.8 Å². The Bertz CT molecular complexity index is 653. The predicted molar refractivity (Wildman–Crippen MR) is 117 cm³/mol. The van der Waals surface area contributed by atoms with Crippen molar-refractivity contribution >= 4 is 0 Å². The zero-order chi connectivity index (χ0) is 21.0. The summed E-state index contributed by atoms with van der Waals surface area (Å²) < 4.78 is 5.75. The van der Waals surface area contributed by atoms with Crippen molar-refractivity contribution in [3.63, 3.8) is 0 Å². The number of rotatable bonds is 14. The van der Waals surface area contributed by atoms with E-state index < -0.39 is 5.41 Å². The van der Waals surface area contributed by atoms with Crippen molar-refractivity contribution in [2.75, 3.05) is 39.5 Å². The highest BCUT2D eigenvalue weighted by molar-refractivity contribution is 5.29. The van der Waals surface area contributed by atoms with Gasteiger partial charge in [-0.25, -0.2) is 0 Å². The Morgan fingerprint density at radius 1 is 1.03 bits per heavy atom. The Morgan fingerprint density at radius 3 is 2.48 bits per heavy atom. The molecule has 1 atom stereocenters. The second kappa shape index (κ2) is 12.8. The van der Waals surface area contributed by atoms with Crippen molar-refractivity contribution in [1.82, 2.24) is 5.32 Å². The number of hydrogen-bond acceptors (Lipinski definition) is 5. The summed E-state index contributed by atoms with van der Waals surface area (Å²) in [6, 6.07) is 8.76. The number of benzene rings is 1. The van der Waals surface area contributed by atoms with E-state index in [-0.39, 0.29) is 19.0 Å². The largest absolute Gasteiger partial charge is 0.508 e. The maximum atomic E-state index is 9.78. The van der Waals surface area contributed by atoms with Crippen LogP contribution in [0, 0.1) is 5.41 Å². The highest BCUT2D eigenvalue weighted by Gasteiger charge is 2.31. The highest BCUT2D eigenvalue weighted by atomic mass is 16.5. The number of allylic oxidation sites excluding steroid dienone is 1. The first-order valence-corrected chi connectivity index (χ1v) is 10.8. The van der Waals surface area contributed by atoms with Crippen molar-refractivity contribution in [3.05, 3.63) is 58.9 Å². The van der Waals surface area contributed by atoms with Crippen LogP contribution in [-0.4, -0.2) is 54.8 Å². The fourth-order valence-corrected chi connectivity index (χ4v) is 3.57. The van der Waals surface area contributed by atoms with Crippen molar-refractivity contribution in [3.8, 4) is 0 Å². The van der Waals surface area contributed by atoms with Crippen LogP contribution >= 0.6 is 0 Å². The van der Waals surface area contributed by atoms with Crippen LogP contribution in [0.3, 0.4) is 0 Å². The summed E-state index contributed by atoms with van der Waals surface area (Å²) in [5, 5.41) is 32.3. The first kappa shape index (κ1) is 23.6. The molecule has 162 valence electrons. The maximum absolute atomic E-state index is 9.78. The maximum Gasteiger partial charge on any atom is 0.116 e. The van der Waals surface area contributed by atoms with Gasteiger partial charge in [-0.3, -0.25) is 0 Å². The molecular formula is C24H37NO4. The summed E-state index contributed by atoms with van der Waals surface area (Å²) >= 11 is 0. The van der Waals surface area contributed by atoms with Crippen LogP contribution in [0.15, 0.2) is 47.7 Å². The zero-order valence-corrected chi connectivity index (χ0v) is 17.7. The van der Waals surface area contributed by atoms with E-state index in [0.29, 0.717) is 18.5 Å². The van der Waals surface area contributed by atoms with E-state index in [1.165, 1.54) is 11.1 Å². The molecule has 0 saturated heterocycles. The van der Waals surface area contributed by atoms with Gasteiger partial charge in [0.25, 0.3) is 0 Å². The summed E-state index contributed by atoms with van der Waals surface area (Å²) in [5.74, 6) is 0.120. The van der Waals surface area contributed by atoms with Crippen molar-refractivity contribution < 1.29 is 20.1 Å². The minimum Gasteiger partial charge on any atom is -0.508 e. The normalized spacial score (nSPS) is 19.1. The average Bonchev–Trinajstić information content (AvgIpc) is 2.76. The second-order valence-corrected chi connectivity index (χ2v) is 7.95. The van der Waals surface area contributed by atoms with Crippen LogP contribution in [0.5, 0.6) is 0 Å². The van der Waals surface area contributed by atoms with Crippen LogP contribution in [0.4, 0.5) is 0 Å². The van der Waals surface area contributed by atoms with E-state index in [4.69, 9.17) is 4.74 Å². The minimum absolute atomic E-state index is 0.0116. The molecule has 1 unspecified atom stereocenters. The molecule has 1 aromatic rings. The first-order valence-electron chi connectivity index (χ1n) is 10.8. The standard InChI is InChI=1S/C24H37NO4/c1-2-20-6-8-21(9-7-20)11-15-29-14-5-3-4-13-25-18-24(19-27)12-10-23(28)22(16-24)17-26/h6-10,12,25-28H,2-5,11,13-19H2,1H3. The van der Waals surface area contributed by atoms with E-state index >= 15 is 0 Å². The lowest BCUT2D eigenvalue weighted by Gasteiger charge is -2.32. The number of nitrogens with one attached hydrogen (secondary N) is 1. The third-order valence-electron chi connectivity index (χ3n) is 5.61. The van der Waals surface area contributed by atoms with Gasteiger partial charge in [0.15, 0.2) is 0 Å². The average molecular weight is 404 g/mol. The lowest BCUT2D eigenvalue weighted by atomic mass is 9.78. The molecule has 5 heteroatoms. The van der Waals surface area contributed by atoms with Gasteiger partial charge in [0.1, 0.15) is 5.76 Å². The van der Waals surface area contributed by atoms with E-state index in [1.54, 1.807) is 6.08 Å². The van der Waals surface area contributed by atoms with Gasteiger partial charge < -0.3 is 25.4 Å². The molecule has 0 spiro atoms. The molecule has 0 aromatic heterocycles. The van der Waals surface area contributed by atoms with E-state index in [1.807, 2.05) is 6.08 Å². The number of ether oxygens (including phenoxy) is 1. The predicted octanol–water partition coefficient (Wildman–Crippen LogP) is 3.31. The van der Waals surface area contributed by atoms with Crippen LogP contribution in [-0.2, 0) is 17.6 Å². The fourth-order valence-electron chi connectivity index (χ4n) is 3.57. The molecule has 5 nitrogen and oxygen atoms in total. The van der Waals surface area contributed by atoms with Crippen LogP contribution in [0.2, 0.25) is 0 Å². The molecule has 1 aliphatic rings. The monoisotopic (exact) mass is 403 g/mol. The van der Waals surface area contributed by atoms with Gasteiger partial charge in [0, 0.05) is 18.6 Å². The molecule has 4 N–H and O–H groups in total. The number of unbranched alkanes of at least 4 members (excludes halogenated alkanes) is 2. The SMILES string of the molecule is CCc1ccc(CCOCCCCCNCC2(CO)C=CC(O)=C(CO)C2)cc1. The smallest absolute Gasteiger partial charge is 0.116 e. The molecule has 29 heavy (non-hydrogen) atoms. The van der Waals surface area contributed by atoms with Crippen molar-refractivity contribution in [2.45, 2.75) is 45.4 Å². The molecule has 0 fully saturated rings. The summed E-state index contributed by atoms with van der Waals surface area (Å²) in [7, 11) is 0. The van der Waals surface area contributed by atoms with Gasteiger partial charge in [-0.15, -0.1) is 0 Å². The summed E-state index contributed by atoms with van der Waals surface area (Å²) in [5.41, 5.74) is 2.84. The molecule has 0 aliphatic heterocycles. The zero-order valence-electron chi connectivity index (χ0n) is 17.7. The Morgan fingerprint density at radius 2 is 1.79 bits per heavy atom. The third-order valence-corrected chi connectivity index (χ3v) is 5.61. The fraction of sp³-hybridized carbons (Fsp3) is 0.583. The number of aliphatic hydroxyl groups is 3. The Balaban J connectivity index is 1.50. The van der Waals surface area contributed by atoms with Gasteiger partial charge in [-0.1, -0.05) is 37.3 Å². The molecular weight excluding hydrogens is 366 g/mol. The van der Waals surface area contributed by atoms with Crippen LogP contribution < -0.4 is 5.32 Å². The Labute approximate surface area is 175 Å². The van der Waals surface area contributed by atoms with Gasteiger partial charge in [-0.05, 0) is 67.8 Å². The quantitative estimate of drug-likeness (QED) is 0.358. The number of hydrogen-bond donors (Lipinski definition) is 4. The van der Waals surface area contributed by atoms with E-state index in [0.717, 1.165) is 51.9 Å². The topological polar surface area (TPSA) is 82.0 Å². The molecule has 0 bridgehead atoms. The molecule has 0 amide bonds. The molecule has 0 heterocycles. The number of aliphatic hydroxyl groups excluding tert-OH is 3. The van der Waals surface area contributed by atoms with Gasteiger partial charge in [-0.2, -0.15) is 0 Å². The van der Waals surface area contributed by atoms with E-state index in [2.05, 4.69) is 36.5 Å². The summed E-state index contributed by atoms with van der Waals surface area (Å²) in [4.78, 5) is 0. The molecule has 0 saturated carbocycles. The molecule has 2 rings (SSSR count). The third kappa shape index (κ3) is 7.94. The molecule has 0 radical (unpaired) electrons. The van der Waals surface area contributed by atoms with Gasteiger partial charge in [0.2, 0.25) is 0 Å². The van der Waals surface area contributed by atoms with Crippen molar-refractivity contribution in [2.24, 2.45) is 5.41 Å². The second-order valence-electron chi connectivity index (χ2n) is 7.95. The lowest BCUT2D eigenvalue weighted by molar-refractivity contribution is 0.132. The summed E-state index contributed by atoms with van der Waals surface area (Å²) in [6.45, 7) is 5.04. The Hall–Kier alpha value is -1.66.